The number of carbonyl (C=O) groups excluding carboxylic acids is 2. The Labute approximate surface area is 190 Å². The second-order valence-electron chi connectivity index (χ2n) is 9.14. The summed E-state index contributed by atoms with van der Waals surface area (Å²) < 4.78 is 7.33. The lowest BCUT2D eigenvalue weighted by Gasteiger charge is -2.37. The Morgan fingerprint density at radius 1 is 1.06 bits per heavy atom. The summed E-state index contributed by atoms with van der Waals surface area (Å²) in [5.41, 5.74) is 2.97. The van der Waals surface area contributed by atoms with E-state index in [-0.39, 0.29) is 23.5 Å². The fraction of sp³-hybridized carbons (Fsp3) is 0.407. The minimum atomic E-state index is -0.586. The average molecular weight is 433 g/mol. The van der Waals surface area contributed by atoms with Crippen LogP contribution in [0.4, 0.5) is 0 Å². The maximum Gasteiger partial charge on any atom is 0.227 e. The van der Waals surface area contributed by atoms with Crippen molar-refractivity contribution >= 4 is 22.6 Å². The fourth-order valence-corrected chi connectivity index (χ4v) is 4.92. The Morgan fingerprint density at radius 2 is 1.78 bits per heavy atom. The third kappa shape index (κ3) is 4.16. The standard InChI is InChI=1S/C27H32N2O3/c1-18(2)21-9-7-11-25(30)26(23-17-28(3)24-10-6-5-8-22(23)24)29(27(21)31)16-19-12-14-20(32-4)15-13-19/h5-6,8,10,12-15,17-18,21,26H,7,9,11,16H2,1-4H3/t21-,26?/m1/s1. The first-order valence-corrected chi connectivity index (χ1v) is 11.4. The number of nitrogens with zero attached hydrogens (tertiary/aromatic N) is 2. The highest BCUT2D eigenvalue weighted by Crippen LogP contribution is 2.37. The molecule has 0 radical (unpaired) electrons. The number of aromatic nitrogens is 1. The fourth-order valence-electron chi connectivity index (χ4n) is 4.92. The van der Waals surface area contributed by atoms with E-state index in [0.29, 0.717) is 13.0 Å². The van der Waals surface area contributed by atoms with Crippen LogP contribution in [0, 0.1) is 11.8 Å². The Hall–Kier alpha value is -3.08. The highest BCUT2D eigenvalue weighted by Gasteiger charge is 2.38. The summed E-state index contributed by atoms with van der Waals surface area (Å²) in [5, 5.41) is 1.03. The maximum atomic E-state index is 13.9. The first-order chi connectivity index (χ1) is 15.4. The van der Waals surface area contributed by atoms with E-state index in [2.05, 4.69) is 19.9 Å². The molecule has 1 amide bonds. The number of hydrogen-bond donors (Lipinski definition) is 0. The van der Waals surface area contributed by atoms with Crippen molar-refractivity contribution < 1.29 is 14.3 Å². The zero-order chi connectivity index (χ0) is 22.8. The van der Waals surface area contributed by atoms with Gasteiger partial charge in [0.25, 0.3) is 0 Å². The van der Waals surface area contributed by atoms with Gasteiger partial charge in [-0.25, -0.2) is 0 Å². The number of Topliss-reactive ketones (excluding diaryl/α,β-unsaturated/α-hetero) is 1. The van der Waals surface area contributed by atoms with Crippen LogP contribution in [0.15, 0.2) is 54.7 Å². The van der Waals surface area contributed by atoms with Gasteiger partial charge in [-0.1, -0.05) is 44.2 Å². The number of benzene rings is 2. The van der Waals surface area contributed by atoms with Gasteiger partial charge in [-0.05, 0) is 42.5 Å². The lowest BCUT2D eigenvalue weighted by molar-refractivity contribution is -0.147. The van der Waals surface area contributed by atoms with Gasteiger partial charge < -0.3 is 14.2 Å². The minimum Gasteiger partial charge on any atom is -0.497 e. The van der Waals surface area contributed by atoms with Crippen LogP contribution in [0.1, 0.15) is 50.3 Å². The molecule has 32 heavy (non-hydrogen) atoms. The number of ketones is 1. The molecule has 0 N–H and O–H groups in total. The van der Waals surface area contributed by atoms with Crippen molar-refractivity contribution in [2.24, 2.45) is 18.9 Å². The van der Waals surface area contributed by atoms with Gasteiger partial charge in [-0.2, -0.15) is 0 Å². The molecule has 0 spiro atoms. The van der Waals surface area contributed by atoms with E-state index in [1.807, 2.05) is 65.2 Å². The van der Waals surface area contributed by atoms with Crippen molar-refractivity contribution in [2.45, 2.75) is 45.7 Å². The SMILES string of the molecule is COc1ccc(CN2C(=O)[C@@H](C(C)C)CCCC(=O)C2c2cn(C)c3ccccc23)cc1. The molecule has 5 heteroatoms. The molecule has 5 nitrogen and oxygen atoms in total. The van der Waals surface area contributed by atoms with Crippen LogP contribution in [0.25, 0.3) is 10.9 Å². The van der Waals surface area contributed by atoms with Gasteiger partial charge >= 0.3 is 0 Å². The van der Waals surface area contributed by atoms with Gasteiger partial charge in [0.15, 0.2) is 5.78 Å². The number of amides is 1. The zero-order valence-electron chi connectivity index (χ0n) is 19.4. The first-order valence-electron chi connectivity index (χ1n) is 11.4. The third-order valence-corrected chi connectivity index (χ3v) is 6.69. The van der Waals surface area contributed by atoms with Crippen LogP contribution < -0.4 is 4.74 Å². The summed E-state index contributed by atoms with van der Waals surface area (Å²) in [7, 11) is 3.63. The first kappa shape index (κ1) is 22.1. The summed E-state index contributed by atoms with van der Waals surface area (Å²) in [4.78, 5) is 29.2. The topological polar surface area (TPSA) is 51.5 Å². The number of fused-ring (bicyclic) bond motifs is 1. The lowest BCUT2D eigenvalue weighted by Crippen LogP contribution is -2.44. The Balaban J connectivity index is 1.83. The molecular weight excluding hydrogens is 400 g/mol. The van der Waals surface area contributed by atoms with Crippen molar-refractivity contribution in [2.75, 3.05) is 7.11 Å². The van der Waals surface area contributed by atoms with E-state index < -0.39 is 6.04 Å². The van der Waals surface area contributed by atoms with Gasteiger partial charge in [0.2, 0.25) is 5.91 Å². The Morgan fingerprint density at radius 3 is 2.47 bits per heavy atom. The molecule has 1 aromatic heterocycles. The van der Waals surface area contributed by atoms with E-state index in [1.165, 1.54) is 0 Å². The summed E-state index contributed by atoms with van der Waals surface area (Å²) in [6, 6.07) is 15.3. The van der Waals surface area contributed by atoms with Crippen LogP contribution in [-0.4, -0.2) is 28.3 Å². The number of methoxy groups -OCH3 is 1. The summed E-state index contributed by atoms with van der Waals surface area (Å²) >= 11 is 0. The molecular formula is C27H32N2O3. The van der Waals surface area contributed by atoms with Crippen molar-refractivity contribution in [3.8, 4) is 5.75 Å². The Kier molecular flexibility index (Phi) is 6.35. The van der Waals surface area contributed by atoms with Crippen LogP contribution >= 0.6 is 0 Å². The number of para-hydroxylation sites is 1. The number of ether oxygens (including phenoxy) is 1. The summed E-state index contributed by atoms with van der Waals surface area (Å²) in [6.45, 7) is 4.60. The van der Waals surface area contributed by atoms with Gasteiger partial charge in [-0.15, -0.1) is 0 Å². The van der Waals surface area contributed by atoms with Crippen LogP contribution in [0.5, 0.6) is 5.75 Å². The number of aryl methyl sites for hydroxylation is 1. The molecule has 2 aromatic carbocycles. The van der Waals surface area contributed by atoms with E-state index in [0.717, 1.165) is 40.6 Å². The van der Waals surface area contributed by atoms with Gasteiger partial charge in [0, 0.05) is 48.6 Å². The Bertz CT molecular complexity index is 1110. The molecule has 2 heterocycles. The number of rotatable bonds is 5. The molecule has 0 aliphatic carbocycles. The molecule has 2 atom stereocenters. The van der Waals surface area contributed by atoms with E-state index in [9.17, 15) is 9.59 Å². The smallest absolute Gasteiger partial charge is 0.227 e. The van der Waals surface area contributed by atoms with Crippen molar-refractivity contribution in [1.29, 1.82) is 0 Å². The van der Waals surface area contributed by atoms with Crippen LogP contribution in [-0.2, 0) is 23.2 Å². The van der Waals surface area contributed by atoms with Gasteiger partial charge in [0.1, 0.15) is 11.8 Å². The highest BCUT2D eigenvalue weighted by atomic mass is 16.5. The second-order valence-corrected chi connectivity index (χ2v) is 9.14. The summed E-state index contributed by atoms with van der Waals surface area (Å²) in [5.74, 6) is 1.10. The maximum absolute atomic E-state index is 13.9. The molecule has 0 saturated carbocycles. The molecule has 168 valence electrons. The molecule has 1 aliphatic rings. The quantitative estimate of drug-likeness (QED) is 0.551. The average Bonchev–Trinajstić information content (AvgIpc) is 3.11. The third-order valence-electron chi connectivity index (χ3n) is 6.69. The number of likely N-dealkylation sites (tertiary alicyclic amines) is 1. The van der Waals surface area contributed by atoms with E-state index >= 15 is 0 Å². The molecule has 1 saturated heterocycles. The largest absolute Gasteiger partial charge is 0.497 e. The minimum absolute atomic E-state index is 0.0711. The van der Waals surface area contributed by atoms with Crippen molar-refractivity contribution in [3.05, 3.63) is 65.9 Å². The zero-order valence-corrected chi connectivity index (χ0v) is 19.4. The molecule has 1 aliphatic heterocycles. The highest BCUT2D eigenvalue weighted by molar-refractivity contribution is 5.96. The predicted molar refractivity (Wildman–Crippen MR) is 126 cm³/mol. The molecule has 4 rings (SSSR count). The van der Waals surface area contributed by atoms with Gasteiger partial charge in [-0.3, -0.25) is 9.59 Å². The molecule has 1 unspecified atom stereocenters. The van der Waals surface area contributed by atoms with Crippen molar-refractivity contribution in [1.82, 2.24) is 9.47 Å². The number of hydrogen-bond acceptors (Lipinski definition) is 3. The molecule has 0 bridgehead atoms. The normalized spacial score (nSPS) is 20.0. The van der Waals surface area contributed by atoms with Crippen LogP contribution in [0.2, 0.25) is 0 Å². The van der Waals surface area contributed by atoms with Crippen molar-refractivity contribution in [3.63, 3.8) is 0 Å². The second kappa shape index (κ2) is 9.19. The lowest BCUT2D eigenvalue weighted by atomic mass is 9.84. The summed E-state index contributed by atoms with van der Waals surface area (Å²) in [6.07, 6.45) is 4.02. The van der Waals surface area contributed by atoms with E-state index in [1.54, 1.807) is 7.11 Å². The van der Waals surface area contributed by atoms with Crippen LogP contribution in [0.3, 0.4) is 0 Å². The monoisotopic (exact) mass is 432 g/mol. The molecule has 1 fully saturated rings. The molecule has 3 aromatic rings. The van der Waals surface area contributed by atoms with Gasteiger partial charge in [0.05, 0.1) is 7.11 Å². The number of carbonyl (C=O) groups is 2. The van der Waals surface area contributed by atoms with E-state index in [4.69, 9.17) is 4.74 Å². The predicted octanol–water partition coefficient (Wildman–Crippen LogP) is 5.28.